The molecule has 4 rings (SSSR count). The van der Waals surface area contributed by atoms with Crippen molar-refractivity contribution in [3.8, 4) is 0 Å². The van der Waals surface area contributed by atoms with Gasteiger partial charge in [0.2, 0.25) is 0 Å². The van der Waals surface area contributed by atoms with Crippen molar-refractivity contribution in [1.82, 2.24) is 4.90 Å². The Bertz CT molecular complexity index is 1270. The van der Waals surface area contributed by atoms with Gasteiger partial charge < -0.3 is 29.4 Å². The molecule has 10 nitrogen and oxygen atoms in total. The molecule has 10 heteroatoms. The van der Waals surface area contributed by atoms with Gasteiger partial charge in [-0.3, -0.25) is 19.3 Å². The first kappa shape index (κ1) is 32.6. The summed E-state index contributed by atoms with van der Waals surface area (Å²) in [6.45, 7) is 11.7. The van der Waals surface area contributed by atoms with E-state index in [9.17, 15) is 19.5 Å². The van der Waals surface area contributed by atoms with Crippen LogP contribution >= 0.6 is 0 Å². The van der Waals surface area contributed by atoms with Gasteiger partial charge in [-0.1, -0.05) is 43.3 Å². The number of hydrogen-bond donors (Lipinski definition) is 2. The van der Waals surface area contributed by atoms with Crippen molar-refractivity contribution < 1.29 is 38.4 Å². The summed E-state index contributed by atoms with van der Waals surface area (Å²) in [5.41, 5.74) is 2.41. The zero-order chi connectivity index (χ0) is 31.3. The monoisotopic (exact) mass is 596 g/mol. The number of nitrogens with zero attached hydrogens (tertiary/aromatic N) is 1. The summed E-state index contributed by atoms with van der Waals surface area (Å²) in [6, 6.07) is 14.5. The van der Waals surface area contributed by atoms with Crippen LogP contribution in [0.4, 0.5) is 5.69 Å². The summed E-state index contributed by atoms with van der Waals surface area (Å²) in [5.74, 6) is -1.27. The molecule has 0 radical (unpaired) electrons. The van der Waals surface area contributed by atoms with Gasteiger partial charge in [0.15, 0.2) is 12.4 Å². The van der Waals surface area contributed by atoms with Gasteiger partial charge in [0.1, 0.15) is 11.6 Å². The van der Waals surface area contributed by atoms with E-state index in [1.807, 2.05) is 51.1 Å². The summed E-state index contributed by atoms with van der Waals surface area (Å²) >= 11 is 0. The van der Waals surface area contributed by atoms with Crippen LogP contribution in [0, 0.1) is 5.92 Å². The molecule has 2 saturated heterocycles. The van der Waals surface area contributed by atoms with E-state index < -0.39 is 29.9 Å². The van der Waals surface area contributed by atoms with E-state index in [-0.39, 0.29) is 36.7 Å². The molecule has 43 heavy (non-hydrogen) atoms. The standard InChI is InChI=1S/C33H44N2O8/c1-20-28(18-35-16-8-11-27(35)31(39)43-33(4,5)6)41-32(42-29(20)24-14-12-23(19-36)13-15-24)25-9-7-10-26(17-25)34-30(38)21(2)40-22(3)37/h7,9-10,12-15,17,20-21,27-29,32,36H,8,11,16,18-19H2,1-6H3,(H,34,38)/t20-,21+,27+,28+,29+,32+/m1/s1. The van der Waals surface area contributed by atoms with Crippen LogP contribution < -0.4 is 5.32 Å². The molecule has 2 aliphatic rings. The van der Waals surface area contributed by atoms with E-state index in [2.05, 4.69) is 17.1 Å². The van der Waals surface area contributed by atoms with Gasteiger partial charge in [0, 0.05) is 30.6 Å². The number of likely N-dealkylation sites (tertiary alicyclic amines) is 1. The number of ether oxygens (including phenoxy) is 4. The number of anilines is 1. The van der Waals surface area contributed by atoms with Gasteiger partial charge in [-0.2, -0.15) is 0 Å². The molecule has 2 N–H and O–H groups in total. The highest BCUT2D eigenvalue weighted by molar-refractivity contribution is 5.95. The molecule has 2 aromatic rings. The fourth-order valence-corrected chi connectivity index (χ4v) is 5.55. The second kappa shape index (κ2) is 14.0. The highest BCUT2D eigenvalue weighted by Crippen LogP contribution is 2.42. The molecule has 0 spiro atoms. The summed E-state index contributed by atoms with van der Waals surface area (Å²) < 4.78 is 23.9. The fourth-order valence-electron chi connectivity index (χ4n) is 5.55. The van der Waals surface area contributed by atoms with Crippen LogP contribution in [0.5, 0.6) is 0 Å². The van der Waals surface area contributed by atoms with Crippen molar-refractivity contribution in [3.63, 3.8) is 0 Å². The van der Waals surface area contributed by atoms with Gasteiger partial charge in [-0.25, -0.2) is 0 Å². The average molecular weight is 597 g/mol. The Morgan fingerprint density at radius 2 is 1.81 bits per heavy atom. The van der Waals surface area contributed by atoms with Crippen LogP contribution in [0.25, 0.3) is 0 Å². The number of amides is 1. The Kier molecular flexibility index (Phi) is 10.6. The van der Waals surface area contributed by atoms with Gasteiger partial charge >= 0.3 is 11.9 Å². The quantitative estimate of drug-likeness (QED) is 0.398. The Labute approximate surface area is 253 Å². The second-order valence-electron chi connectivity index (χ2n) is 12.4. The maximum atomic E-state index is 13.0. The molecule has 2 fully saturated rings. The normalized spacial score (nSPS) is 25.1. The first-order chi connectivity index (χ1) is 20.3. The Balaban J connectivity index is 1.58. The molecule has 234 valence electrons. The summed E-state index contributed by atoms with van der Waals surface area (Å²) in [4.78, 5) is 39.0. The minimum atomic E-state index is -0.946. The number of aliphatic hydroxyl groups excluding tert-OH is 1. The number of benzene rings is 2. The number of esters is 2. The number of carbonyl (C=O) groups is 3. The lowest BCUT2D eigenvalue weighted by atomic mass is 9.90. The predicted octanol–water partition coefficient (Wildman–Crippen LogP) is 4.67. The topological polar surface area (TPSA) is 124 Å². The lowest BCUT2D eigenvalue weighted by Crippen LogP contribution is -2.48. The maximum Gasteiger partial charge on any atom is 0.323 e. The molecule has 0 unspecified atom stereocenters. The molecule has 1 amide bonds. The van der Waals surface area contributed by atoms with Crippen molar-refractivity contribution >= 4 is 23.5 Å². The number of hydrogen-bond acceptors (Lipinski definition) is 9. The van der Waals surface area contributed by atoms with Gasteiger partial charge in [0.05, 0.1) is 18.8 Å². The van der Waals surface area contributed by atoms with Crippen LogP contribution in [0.2, 0.25) is 0 Å². The number of nitrogens with one attached hydrogen (secondary N) is 1. The molecule has 2 aromatic carbocycles. The third-order valence-corrected chi connectivity index (χ3v) is 7.72. The van der Waals surface area contributed by atoms with Gasteiger partial charge in [0.25, 0.3) is 5.91 Å². The molecule has 0 saturated carbocycles. The number of aliphatic hydroxyl groups is 1. The van der Waals surface area contributed by atoms with E-state index in [0.29, 0.717) is 17.8 Å². The molecular formula is C33H44N2O8. The zero-order valence-corrected chi connectivity index (χ0v) is 25.9. The molecule has 0 aromatic heterocycles. The van der Waals surface area contributed by atoms with Crippen LogP contribution in [0.1, 0.15) is 83.5 Å². The van der Waals surface area contributed by atoms with Crippen molar-refractivity contribution in [2.75, 3.05) is 18.4 Å². The van der Waals surface area contributed by atoms with Crippen LogP contribution in [-0.4, -0.2) is 64.8 Å². The molecule has 2 heterocycles. The van der Waals surface area contributed by atoms with Crippen LogP contribution in [-0.2, 0) is 39.9 Å². The zero-order valence-electron chi connectivity index (χ0n) is 25.9. The van der Waals surface area contributed by atoms with Crippen molar-refractivity contribution in [1.29, 1.82) is 0 Å². The first-order valence-electron chi connectivity index (χ1n) is 14.9. The van der Waals surface area contributed by atoms with Crippen molar-refractivity contribution in [3.05, 3.63) is 65.2 Å². The summed E-state index contributed by atoms with van der Waals surface area (Å²) in [6.07, 6.45) is -0.694. The molecule has 0 bridgehead atoms. The lowest BCUT2D eigenvalue weighted by molar-refractivity contribution is -0.276. The van der Waals surface area contributed by atoms with Crippen LogP contribution in [0.15, 0.2) is 48.5 Å². The highest BCUT2D eigenvalue weighted by Gasteiger charge is 2.42. The van der Waals surface area contributed by atoms with Gasteiger partial charge in [-0.15, -0.1) is 0 Å². The SMILES string of the molecule is CC(=O)O[C@@H](C)C(=O)Nc1cccc([C@H]2O[C@@H](CN3CCC[C@H]3C(=O)OC(C)(C)C)[C@@H](C)[C@@H](c3ccc(CO)cc3)O2)c1. The number of rotatable bonds is 9. The summed E-state index contributed by atoms with van der Waals surface area (Å²) in [5, 5.41) is 12.3. The van der Waals surface area contributed by atoms with E-state index in [1.54, 1.807) is 18.2 Å². The van der Waals surface area contributed by atoms with Crippen molar-refractivity contribution in [2.24, 2.45) is 5.92 Å². The third-order valence-electron chi connectivity index (χ3n) is 7.72. The third kappa shape index (κ3) is 8.63. The minimum absolute atomic E-state index is 0.0503. The maximum absolute atomic E-state index is 13.0. The summed E-state index contributed by atoms with van der Waals surface area (Å²) in [7, 11) is 0. The molecular weight excluding hydrogens is 552 g/mol. The van der Waals surface area contributed by atoms with E-state index >= 15 is 0 Å². The highest BCUT2D eigenvalue weighted by atomic mass is 16.7. The molecule has 0 aliphatic carbocycles. The Morgan fingerprint density at radius 3 is 2.47 bits per heavy atom. The lowest BCUT2D eigenvalue weighted by Gasteiger charge is -2.43. The molecule has 6 atom stereocenters. The fraction of sp³-hybridized carbons (Fsp3) is 0.545. The molecule has 2 aliphatic heterocycles. The Hall–Kier alpha value is -3.31. The largest absolute Gasteiger partial charge is 0.459 e. The van der Waals surface area contributed by atoms with E-state index in [4.69, 9.17) is 18.9 Å². The smallest absolute Gasteiger partial charge is 0.323 e. The number of carbonyl (C=O) groups excluding carboxylic acids is 3. The Morgan fingerprint density at radius 1 is 1.09 bits per heavy atom. The van der Waals surface area contributed by atoms with E-state index in [0.717, 1.165) is 30.5 Å². The average Bonchev–Trinajstić information content (AvgIpc) is 3.41. The first-order valence-corrected chi connectivity index (χ1v) is 14.9. The second-order valence-corrected chi connectivity index (χ2v) is 12.4. The van der Waals surface area contributed by atoms with E-state index in [1.165, 1.54) is 13.8 Å². The predicted molar refractivity (Wildman–Crippen MR) is 160 cm³/mol. The van der Waals surface area contributed by atoms with Gasteiger partial charge in [-0.05, 0) is 70.3 Å². The van der Waals surface area contributed by atoms with Crippen molar-refractivity contribution in [2.45, 2.75) is 97.2 Å². The minimum Gasteiger partial charge on any atom is -0.459 e. The van der Waals surface area contributed by atoms with Crippen LogP contribution in [0.3, 0.4) is 0 Å².